The number of rotatable bonds is 10. The standard InChI is InChI=1S/C18H19N3O4S2.C2HF3O2/c22-16(23)6-9-26-27-10-8-20-17(24)13-3-1-5-15(11-13)21-18(25)14-4-2-7-19-12-14;3-2(4,5)1(6)7/h1-5,7,11-12H,6,8-10H2,(H,20,24)(H,21,25)(H,22,23);(H,6,7). The van der Waals surface area contributed by atoms with Gasteiger partial charge in [-0.1, -0.05) is 27.7 Å². The largest absolute Gasteiger partial charge is 0.490 e. The van der Waals surface area contributed by atoms with Crippen molar-refractivity contribution in [3.8, 4) is 0 Å². The summed E-state index contributed by atoms with van der Waals surface area (Å²) in [6, 6.07) is 10.0. The number of hydrogen-bond acceptors (Lipinski definition) is 7. The van der Waals surface area contributed by atoms with Crippen LogP contribution in [0.2, 0.25) is 0 Å². The minimum atomic E-state index is -5.08. The lowest BCUT2D eigenvalue weighted by Crippen LogP contribution is -2.25. The van der Waals surface area contributed by atoms with Crippen LogP contribution >= 0.6 is 21.6 Å². The van der Waals surface area contributed by atoms with E-state index in [0.29, 0.717) is 34.9 Å². The molecule has 4 N–H and O–H groups in total. The van der Waals surface area contributed by atoms with E-state index in [4.69, 9.17) is 15.0 Å². The maximum atomic E-state index is 12.2. The van der Waals surface area contributed by atoms with Crippen molar-refractivity contribution in [1.82, 2.24) is 10.3 Å². The molecule has 0 aliphatic heterocycles. The van der Waals surface area contributed by atoms with Gasteiger partial charge in [0.1, 0.15) is 0 Å². The first kappa shape index (κ1) is 28.8. The zero-order chi connectivity index (χ0) is 25.6. The number of aromatic nitrogens is 1. The maximum Gasteiger partial charge on any atom is 0.490 e. The van der Waals surface area contributed by atoms with Gasteiger partial charge in [0.2, 0.25) is 0 Å². The van der Waals surface area contributed by atoms with Gasteiger partial charge in [-0.05, 0) is 30.3 Å². The molecule has 0 bridgehead atoms. The van der Waals surface area contributed by atoms with Gasteiger partial charge in [0.05, 0.1) is 12.0 Å². The molecule has 0 fully saturated rings. The summed E-state index contributed by atoms with van der Waals surface area (Å²) in [5.41, 5.74) is 1.40. The zero-order valence-electron chi connectivity index (χ0n) is 17.4. The lowest BCUT2D eigenvalue weighted by Gasteiger charge is -2.08. The van der Waals surface area contributed by atoms with Crippen molar-refractivity contribution in [2.75, 3.05) is 23.4 Å². The number of pyridine rings is 1. The molecule has 0 spiro atoms. The number of amides is 2. The molecule has 14 heteroatoms. The highest BCUT2D eigenvalue weighted by atomic mass is 33.1. The van der Waals surface area contributed by atoms with E-state index >= 15 is 0 Å². The van der Waals surface area contributed by atoms with E-state index in [-0.39, 0.29) is 18.2 Å². The van der Waals surface area contributed by atoms with Gasteiger partial charge in [-0.25, -0.2) is 4.79 Å². The van der Waals surface area contributed by atoms with Gasteiger partial charge >= 0.3 is 18.1 Å². The molecule has 2 rings (SSSR count). The minimum Gasteiger partial charge on any atom is -0.481 e. The molecular formula is C20H20F3N3O6S2. The van der Waals surface area contributed by atoms with Gasteiger partial charge < -0.3 is 20.8 Å². The Labute approximate surface area is 199 Å². The molecule has 1 aromatic carbocycles. The predicted octanol–water partition coefficient (Wildman–Crippen LogP) is 3.55. The SMILES string of the molecule is O=C(O)C(F)(F)F.O=C(O)CCSSCCNC(=O)c1cccc(NC(=O)c2cccnc2)c1. The third-order valence-electron chi connectivity index (χ3n) is 3.50. The second kappa shape index (κ2) is 14.8. The first-order chi connectivity index (χ1) is 16.0. The van der Waals surface area contributed by atoms with Crippen molar-refractivity contribution >= 4 is 51.0 Å². The summed E-state index contributed by atoms with van der Waals surface area (Å²) in [5.74, 6) is -2.89. The molecule has 34 heavy (non-hydrogen) atoms. The lowest BCUT2D eigenvalue weighted by molar-refractivity contribution is -0.192. The Morgan fingerprint density at radius 3 is 2.18 bits per heavy atom. The topological polar surface area (TPSA) is 146 Å². The van der Waals surface area contributed by atoms with Crippen LogP contribution in [0.25, 0.3) is 0 Å². The Morgan fingerprint density at radius 2 is 1.59 bits per heavy atom. The van der Waals surface area contributed by atoms with Gasteiger partial charge in [-0.15, -0.1) is 0 Å². The summed E-state index contributed by atoms with van der Waals surface area (Å²) in [7, 11) is 2.99. The number of anilines is 1. The highest BCUT2D eigenvalue weighted by molar-refractivity contribution is 8.76. The van der Waals surface area contributed by atoms with Gasteiger partial charge in [0.25, 0.3) is 11.8 Å². The van der Waals surface area contributed by atoms with Gasteiger partial charge in [-0.2, -0.15) is 13.2 Å². The Bertz CT molecular complexity index is 978. The maximum absolute atomic E-state index is 12.2. The van der Waals surface area contributed by atoms with Crippen molar-refractivity contribution in [3.63, 3.8) is 0 Å². The number of halogens is 3. The second-order valence-electron chi connectivity index (χ2n) is 6.12. The predicted molar refractivity (Wildman–Crippen MR) is 122 cm³/mol. The van der Waals surface area contributed by atoms with Crippen LogP contribution in [0.5, 0.6) is 0 Å². The van der Waals surface area contributed by atoms with Crippen molar-refractivity contribution < 1.29 is 42.6 Å². The second-order valence-corrected chi connectivity index (χ2v) is 8.83. The minimum absolute atomic E-state index is 0.127. The molecule has 184 valence electrons. The van der Waals surface area contributed by atoms with E-state index in [1.54, 1.807) is 42.6 Å². The fraction of sp³-hybridized carbons (Fsp3) is 0.250. The number of carbonyl (C=O) groups is 4. The molecule has 0 unspecified atom stereocenters. The van der Waals surface area contributed by atoms with E-state index in [0.717, 1.165) is 0 Å². The van der Waals surface area contributed by atoms with Crippen molar-refractivity contribution in [3.05, 3.63) is 59.9 Å². The number of aliphatic carboxylic acids is 2. The Balaban J connectivity index is 0.000000718. The van der Waals surface area contributed by atoms with E-state index in [9.17, 15) is 27.6 Å². The third-order valence-corrected chi connectivity index (χ3v) is 5.91. The van der Waals surface area contributed by atoms with Crippen LogP contribution in [0.3, 0.4) is 0 Å². The Kier molecular flexibility index (Phi) is 12.5. The number of hydrogen-bond donors (Lipinski definition) is 4. The van der Waals surface area contributed by atoms with E-state index in [2.05, 4.69) is 15.6 Å². The number of carboxylic acid groups (broad SMARTS) is 2. The van der Waals surface area contributed by atoms with Gasteiger partial charge in [0.15, 0.2) is 0 Å². The van der Waals surface area contributed by atoms with Crippen molar-refractivity contribution in [2.24, 2.45) is 0 Å². The number of benzene rings is 1. The molecule has 2 aromatic rings. The molecular weight excluding hydrogens is 499 g/mol. The van der Waals surface area contributed by atoms with Crippen molar-refractivity contribution in [1.29, 1.82) is 0 Å². The molecule has 0 saturated carbocycles. The highest BCUT2D eigenvalue weighted by Gasteiger charge is 2.38. The van der Waals surface area contributed by atoms with Gasteiger partial charge in [-0.3, -0.25) is 19.4 Å². The third kappa shape index (κ3) is 12.1. The van der Waals surface area contributed by atoms with Gasteiger partial charge in [0, 0.05) is 41.7 Å². The van der Waals surface area contributed by atoms with Crippen LogP contribution in [0.15, 0.2) is 48.8 Å². The first-order valence-electron chi connectivity index (χ1n) is 9.36. The fourth-order valence-corrected chi connectivity index (χ4v) is 3.88. The number of carbonyl (C=O) groups excluding carboxylic acids is 2. The summed E-state index contributed by atoms with van der Waals surface area (Å²) in [4.78, 5) is 47.5. The number of carboxylic acids is 2. The molecule has 0 atom stereocenters. The molecule has 2 amide bonds. The molecule has 0 radical (unpaired) electrons. The smallest absolute Gasteiger partial charge is 0.481 e. The van der Waals surface area contributed by atoms with E-state index < -0.39 is 18.1 Å². The van der Waals surface area contributed by atoms with Crippen molar-refractivity contribution in [2.45, 2.75) is 12.6 Å². The normalized spacial score (nSPS) is 10.4. The zero-order valence-corrected chi connectivity index (χ0v) is 19.0. The number of nitrogens with one attached hydrogen (secondary N) is 2. The summed E-state index contributed by atoms with van der Waals surface area (Å²) in [6.45, 7) is 0.468. The quantitative estimate of drug-likeness (QED) is 0.273. The summed E-state index contributed by atoms with van der Waals surface area (Å²) < 4.78 is 31.7. The first-order valence-corrected chi connectivity index (χ1v) is 11.9. The van der Waals surface area contributed by atoms with Crippen LogP contribution in [-0.4, -0.2) is 63.2 Å². The highest BCUT2D eigenvalue weighted by Crippen LogP contribution is 2.21. The molecule has 0 saturated heterocycles. The van der Waals surface area contributed by atoms with Crippen LogP contribution < -0.4 is 10.6 Å². The van der Waals surface area contributed by atoms with Crippen LogP contribution in [0.4, 0.5) is 18.9 Å². The molecule has 0 aliphatic carbocycles. The summed E-state index contributed by atoms with van der Waals surface area (Å²) in [6.07, 6.45) is -1.90. The summed E-state index contributed by atoms with van der Waals surface area (Å²) >= 11 is 0. The fourth-order valence-electron chi connectivity index (χ4n) is 1.99. The number of nitrogens with zero attached hydrogens (tertiary/aromatic N) is 1. The Hall–Kier alpha value is -3.26. The monoisotopic (exact) mass is 519 g/mol. The Morgan fingerprint density at radius 1 is 0.941 bits per heavy atom. The molecule has 1 heterocycles. The van der Waals surface area contributed by atoms with Crippen LogP contribution in [0, 0.1) is 0 Å². The molecule has 9 nitrogen and oxygen atoms in total. The molecule has 1 aromatic heterocycles. The average Bonchev–Trinajstić information content (AvgIpc) is 2.78. The molecule has 0 aliphatic rings. The van der Waals surface area contributed by atoms with E-state index in [1.165, 1.54) is 27.8 Å². The van der Waals surface area contributed by atoms with Crippen LogP contribution in [0.1, 0.15) is 27.1 Å². The average molecular weight is 520 g/mol. The van der Waals surface area contributed by atoms with E-state index in [1.807, 2.05) is 0 Å². The number of alkyl halides is 3. The van der Waals surface area contributed by atoms with Crippen LogP contribution in [-0.2, 0) is 9.59 Å². The summed E-state index contributed by atoms with van der Waals surface area (Å²) in [5, 5.41) is 21.2. The lowest BCUT2D eigenvalue weighted by atomic mass is 10.1.